The molecule has 0 aliphatic heterocycles. The van der Waals surface area contributed by atoms with Crippen molar-refractivity contribution in [2.75, 3.05) is 26.4 Å². The van der Waals surface area contributed by atoms with Gasteiger partial charge in [-0.1, -0.05) is 30.3 Å². The molecule has 0 aromatic heterocycles. The van der Waals surface area contributed by atoms with Crippen LogP contribution >= 0.6 is 0 Å². The average molecular weight is 434 g/mol. The lowest BCUT2D eigenvalue weighted by Gasteiger charge is -2.08. The first kappa shape index (κ1) is 23.0. The van der Waals surface area contributed by atoms with Crippen LogP contribution in [-0.4, -0.2) is 38.4 Å². The quantitative estimate of drug-likeness (QED) is 0.247. The molecule has 0 saturated heterocycles. The maximum absolute atomic E-state index is 12.3. The van der Waals surface area contributed by atoms with Gasteiger partial charge in [-0.2, -0.15) is 0 Å². The van der Waals surface area contributed by atoms with Crippen molar-refractivity contribution >= 4 is 11.9 Å². The van der Waals surface area contributed by atoms with Gasteiger partial charge in [-0.15, -0.1) is 0 Å². The lowest BCUT2D eigenvalue weighted by molar-refractivity contribution is 0.0509. The van der Waals surface area contributed by atoms with Crippen LogP contribution in [0.2, 0.25) is 0 Å². The predicted octanol–water partition coefficient (Wildman–Crippen LogP) is 4.72. The van der Waals surface area contributed by atoms with E-state index in [9.17, 15) is 9.59 Å². The summed E-state index contributed by atoms with van der Waals surface area (Å²) in [7, 11) is 0. The molecule has 0 bridgehead atoms. The van der Waals surface area contributed by atoms with Crippen LogP contribution in [0.25, 0.3) is 0 Å². The first-order chi connectivity index (χ1) is 15.7. The number of carbonyl (C=O) groups is 2. The molecule has 0 atom stereocenters. The van der Waals surface area contributed by atoms with Crippen LogP contribution in [0.1, 0.15) is 33.2 Å². The van der Waals surface area contributed by atoms with E-state index >= 15 is 0 Å². The van der Waals surface area contributed by atoms with Crippen LogP contribution < -0.4 is 9.47 Å². The molecule has 3 aromatic carbocycles. The summed E-state index contributed by atoms with van der Waals surface area (Å²) in [6, 6.07) is 22.8. The number of hydrogen-bond acceptors (Lipinski definition) is 6. The molecule has 0 radical (unpaired) electrons. The van der Waals surface area contributed by atoms with Crippen molar-refractivity contribution in [2.45, 2.75) is 13.3 Å². The van der Waals surface area contributed by atoms with Gasteiger partial charge in [0, 0.05) is 13.0 Å². The maximum atomic E-state index is 12.3. The average Bonchev–Trinajstić information content (AvgIpc) is 2.83. The van der Waals surface area contributed by atoms with Gasteiger partial charge in [0.1, 0.15) is 18.1 Å². The highest BCUT2D eigenvalue weighted by Crippen LogP contribution is 2.17. The number of benzene rings is 3. The second kappa shape index (κ2) is 12.3. The highest BCUT2D eigenvalue weighted by molar-refractivity contribution is 5.92. The second-order valence-electron chi connectivity index (χ2n) is 6.86. The van der Waals surface area contributed by atoms with E-state index in [1.807, 2.05) is 37.3 Å². The molecular weight excluding hydrogens is 408 g/mol. The summed E-state index contributed by atoms with van der Waals surface area (Å²) >= 11 is 0. The predicted molar refractivity (Wildman–Crippen MR) is 120 cm³/mol. The molecule has 0 amide bonds. The van der Waals surface area contributed by atoms with E-state index in [4.69, 9.17) is 18.9 Å². The van der Waals surface area contributed by atoms with Crippen LogP contribution in [0.5, 0.6) is 11.5 Å². The molecule has 0 heterocycles. The molecule has 0 saturated carbocycles. The van der Waals surface area contributed by atoms with Crippen molar-refractivity contribution in [1.29, 1.82) is 0 Å². The normalized spacial score (nSPS) is 10.4. The van der Waals surface area contributed by atoms with Gasteiger partial charge in [-0.3, -0.25) is 0 Å². The highest BCUT2D eigenvalue weighted by Gasteiger charge is 2.11. The molecule has 6 heteroatoms. The number of ether oxygens (including phenoxy) is 4. The summed E-state index contributed by atoms with van der Waals surface area (Å²) in [6.07, 6.45) is 0.651. The first-order valence-electron chi connectivity index (χ1n) is 10.5. The van der Waals surface area contributed by atoms with Gasteiger partial charge in [0.25, 0.3) is 0 Å². The van der Waals surface area contributed by atoms with Gasteiger partial charge in [-0.25, -0.2) is 9.59 Å². The van der Waals surface area contributed by atoms with E-state index in [1.54, 1.807) is 48.5 Å². The van der Waals surface area contributed by atoms with Crippen molar-refractivity contribution in [1.82, 2.24) is 0 Å². The molecule has 0 N–H and O–H groups in total. The monoisotopic (exact) mass is 434 g/mol. The largest absolute Gasteiger partial charge is 0.491 e. The Hall–Kier alpha value is -3.64. The van der Waals surface area contributed by atoms with Crippen LogP contribution in [0, 0.1) is 0 Å². The van der Waals surface area contributed by atoms with Crippen LogP contribution in [0.15, 0.2) is 78.9 Å². The topological polar surface area (TPSA) is 71.1 Å². The smallest absolute Gasteiger partial charge is 0.343 e. The summed E-state index contributed by atoms with van der Waals surface area (Å²) in [6.45, 7) is 3.82. The lowest BCUT2D eigenvalue weighted by Crippen LogP contribution is -2.10. The minimum Gasteiger partial charge on any atom is -0.491 e. The van der Waals surface area contributed by atoms with Crippen molar-refractivity contribution < 1.29 is 28.5 Å². The van der Waals surface area contributed by atoms with Crippen LogP contribution in [0.4, 0.5) is 0 Å². The highest BCUT2D eigenvalue weighted by atomic mass is 16.5. The zero-order valence-electron chi connectivity index (χ0n) is 18.0. The van der Waals surface area contributed by atoms with Gasteiger partial charge < -0.3 is 18.9 Å². The Morgan fingerprint density at radius 1 is 0.688 bits per heavy atom. The van der Waals surface area contributed by atoms with Gasteiger partial charge in [0.05, 0.1) is 24.3 Å². The van der Waals surface area contributed by atoms with Gasteiger partial charge in [-0.05, 0) is 61.0 Å². The Kier molecular flexibility index (Phi) is 8.83. The fourth-order valence-electron chi connectivity index (χ4n) is 2.86. The minimum absolute atomic E-state index is 0.297. The van der Waals surface area contributed by atoms with Gasteiger partial charge >= 0.3 is 11.9 Å². The van der Waals surface area contributed by atoms with E-state index in [1.165, 1.54) is 0 Å². The summed E-state index contributed by atoms with van der Waals surface area (Å²) in [5.74, 6) is 0.0760. The third-order valence-corrected chi connectivity index (χ3v) is 4.56. The third-order valence-electron chi connectivity index (χ3n) is 4.56. The standard InChI is InChI=1S/C26H26O6/c1-2-29-18-19-30-23-12-8-22(9-13-23)26(28)32-24-14-10-21(11-15-24)25(27)31-17-16-20-6-4-3-5-7-20/h3-15H,2,16-19H2,1H3. The van der Waals surface area contributed by atoms with Gasteiger partial charge in [0.2, 0.25) is 0 Å². The van der Waals surface area contributed by atoms with Crippen LogP contribution in [-0.2, 0) is 15.9 Å². The molecule has 0 aliphatic rings. The van der Waals surface area contributed by atoms with E-state index in [0.29, 0.717) is 55.5 Å². The Morgan fingerprint density at radius 3 is 1.97 bits per heavy atom. The number of esters is 2. The van der Waals surface area contributed by atoms with Crippen molar-refractivity contribution in [3.63, 3.8) is 0 Å². The van der Waals surface area contributed by atoms with E-state index in [-0.39, 0.29) is 0 Å². The van der Waals surface area contributed by atoms with Crippen molar-refractivity contribution in [3.8, 4) is 11.5 Å². The first-order valence-corrected chi connectivity index (χ1v) is 10.5. The molecule has 6 nitrogen and oxygen atoms in total. The number of carbonyl (C=O) groups excluding carboxylic acids is 2. The zero-order chi connectivity index (χ0) is 22.6. The summed E-state index contributed by atoms with van der Waals surface area (Å²) in [4.78, 5) is 24.5. The third kappa shape index (κ3) is 7.25. The van der Waals surface area contributed by atoms with E-state index in [0.717, 1.165) is 5.56 Å². The molecule has 166 valence electrons. The molecule has 0 aliphatic carbocycles. The van der Waals surface area contributed by atoms with E-state index < -0.39 is 11.9 Å². The lowest BCUT2D eigenvalue weighted by atomic mass is 10.2. The molecule has 3 aromatic rings. The molecule has 0 fully saturated rings. The molecule has 0 unspecified atom stereocenters. The Morgan fingerprint density at radius 2 is 1.31 bits per heavy atom. The molecule has 0 spiro atoms. The molecule has 3 rings (SSSR count). The zero-order valence-corrected chi connectivity index (χ0v) is 18.0. The summed E-state index contributed by atoms with van der Waals surface area (Å²) < 4.78 is 21.4. The minimum atomic E-state index is -0.496. The maximum Gasteiger partial charge on any atom is 0.343 e. The Bertz CT molecular complexity index is 981. The second-order valence-corrected chi connectivity index (χ2v) is 6.86. The Labute approximate surface area is 187 Å². The van der Waals surface area contributed by atoms with Crippen LogP contribution in [0.3, 0.4) is 0 Å². The molecular formula is C26H26O6. The van der Waals surface area contributed by atoms with Crippen molar-refractivity contribution in [3.05, 3.63) is 95.6 Å². The summed E-state index contributed by atoms with van der Waals surface area (Å²) in [5.41, 5.74) is 1.89. The summed E-state index contributed by atoms with van der Waals surface area (Å²) in [5, 5.41) is 0. The number of hydrogen-bond donors (Lipinski definition) is 0. The van der Waals surface area contributed by atoms with Gasteiger partial charge in [0.15, 0.2) is 0 Å². The molecule has 32 heavy (non-hydrogen) atoms. The number of rotatable bonds is 11. The van der Waals surface area contributed by atoms with Crippen molar-refractivity contribution in [2.24, 2.45) is 0 Å². The Balaban J connectivity index is 1.46. The van der Waals surface area contributed by atoms with E-state index in [2.05, 4.69) is 0 Å². The SMILES string of the molecule is CCOCCOc1ccc(C(=O)Oc2ccc(C(=O)OCCc3ccccc3)cc2)cc1. The fraction of sp³-hybridized carbons (Fsp3) is 0.231. The fourth-order valence-corrected chi connectivity index (χ4v) is 2.86.